The number of nitrogens with one attached hydrogen (secondary N) is 3. The van der Waals surface area contributed by atoms with Crippen molar-refractivity contribution in [3.8, 4) is 0 Å². The van der Waals surface area contributed by atoms with Crippen LogP contribution in [0.25, 0.3) is 0 Å². The predicted octanol–water partition coefficient (Wildman–Crippen LogP) is 1.99. The van der Waals surface area contributed by atoms with Gasteiger partial charge in [0.05, 0.1) is 18.2 Å². The minimum absolute atomic E-state index is 0.0437. The van der Waals surface area contributed by atoms with Gasteiger partial charge in [0, 0.05) is 43.6 Å². The molecular formula is C23H34N4O3S. The number of fused-ring (bicyclic) bond motifs is 1. The van der Waals surface area contributed by atoms with Crippen molar-refractivity contribution in [1.82, 2.24) is 20.9 Å². The number of thioether (sulfide) groups is 1. The molecule has 0 saturated carbocycles. The van der Waals surface area contributed by atoms with Crippen LogP contribution < -0.4 is 16.0 Å². The van der Waals surface area contributed by atoms with Crippen LogP contribution in [0.2, 0.25) is 0 Å². The van der Waals surface area contributed by atoms with Crippen molar-refractivity contribution in [3.63, 3.8) is 0 Å². The second kappa shape index (κ2) is 10.7. The molecular weight excluding hydrogens is 412 g/mol. The molecule has 3 aliphatic rings. The van der Waals surface area contributed by atoms with Crippen molar-refractivity contribution in [3.05, 3.63) is 35.4 Å². The van der Waals surface area contributed by atoms with Crippen molar-refractivity contribution < 1.29 is 14.7 Å². The number of aliphatic hydroxyl groups excluding tert-OH is 1. The fourth-order valence-corrected chi connectivity index (χ4v) is 6.30. The summed E-state index contributed by atoms with van der Waals surface area (Å²) in [5, 5.41) is 19.2. The topological polar surface area (TPSA) is 93.7 Å². The maximum absolute atomic E-state index is 12.4. The highest BCUT2D eigenvalue weighted by atomic mass is 32.2. The van der Waals surface area contributed by atoms with Crippen molar-refractivity contribution in [1.29, 1.82) is 0 Å². The molecule has 3 amide bonds. The van der Waals surface area contributed by atoms with Crippen LogP contribution in [0.15, 0.2) is 24.3 Å². The van der Waals surface area contributed by atoms with Crippen LogP contribution in [0.1, 0.15) is 49.7 Å². The summed E-state index contributed by atoms with van der Waals surface area (Å²) in [4.78, 5) is 26.2. The van der Waals surface area contributed by atoms with Crippen LogP contribution in [-0.2, 0) is 17.9 Å². The lowest BCUT2D eigenvalue weighted by atomic mass is 10.0. The van der Waals surface area contributed by atoms with E-state index in [1.807, 2.05) is 23.9 Å². The van der Waals surface area contributed by atoms with Gasteiger partial charge in [0.1, 0.15) is 0 Å². The van der Waals surface area contributed by atoms with Crippen molar-refractivity contribution in [2.75, 3.05) is 18.8 Å². The number of hydrogen-bond donors (Lipinski definition) is 4. The minimum atomic E-state index is -0.159. The van der Waals surface area contributed by atoms with Crippen LogP contribution >= 0.6 is 11.8 Å². The summed E-state index contributed by atoms with van der Waals surface area (Å²) in [5.41, 5.74) is 2.42. The zero-order valence-electron chi connectivity index (χ0n) is 18.0. The van der Waals surface area contributed by atoms with Crippen molar-refractivity contribution in [2.24, 2.45) is 0 Å². The molecule has 31 heavy (non-hydrogen) atoms. The average Bonchev–Trinajstić information content (AvgIpc) is 3.31. The molecule has 3 atom stereocenters. The van der Waals surface area contributed by atoms with Crippen LogP contribution in [0.4, 0.5) is 4.79 Å². The largest absolute Gasteiger partial charge is 0.393 e. The van der Waals surface area contributed by atoms with E-state index in [0.717, 1.165) is 57.5 Å². The molecule has 0 spiro atoms. The van der Waals surface area contributed by atoms with E-state index >= 15 is 0 Å². The molecule has 7 nitrogen and oxygen atoms in total. The zero-order valence-corrected chi connectivity index (χ0v) is 18.8. The van der Waals surface area contributed by atoms with Crippen molar-refractivity contribution >= 4 is 23.7 Å². The van der Waals surface area contributed by atoms with Gasteiger partial charge < -0.3 is 21.1 Å². The van der Waals surface area contributed by atoms with Gasteiger partial charge in [-0.15, -0.1) is 0 Å². The first-order chi connectivity index (χ1) is 15.1. The van der Waals surface area contributed by atoms with E-state index in [-0.39, 0.29) is 30.1 Å². The second-order valence-corrected chi connectivity index (χ2v) is 10.2. The van der Waals surface area contributed by atoms with Gasteiger partial charge in [-0.2, -0.15) is 11.8 Å². The van der Waals surface area contributed by atoms with Crippen molar-refractivity contribution in [2.45, 2.75) is 75.1 Å². The van der Waals surface area contributed by atoms with Crippen LogP contribution in [0, 0.1) is 0 Å². The lowest BCUT2D eigenvalue weighted by Gasteiger charge is -2.30. The Balaban J connectivity index is 1.15. The molecule has 170 valence electrons. The molecule has 4 N–H and O–H groups in total. The molecule has 3 unspecified atom stereocenters. The van der Waals surface area contributed by atoms with E-state index in [9.17, 15) is 14.7 Å². The summed E-state index contributed by atoms with van der Waals surface area (Å²) in [7, 11) is 0. The molecule has 8 heteroatoms. The molecule has 0 aromatic heterocycles. The summed E-state index contributed by atoms with van der Waals surface area (Å²) < 4.78 is 0. The maximum Gasteiger partial charge on any atom is 0.315 e. The first-order valence-electron chi connectivity index (χ1n) is 11.5. The van der Waals surface area contributed by atoms with Gasteiger partial charge in [0.25, 0.3) is 0 Å². The number of carbonyl (C=O) groups is 2. The summed E-state index contributed by atoms with van der Waals surface area (Å²) >= 11 is 1.92. The number of nitrogens with zero attached hydrogens (tertiary/aromatic N) is 1. The third-order valence-corrected chi connectivity index (χ3v) is 8.13. The zero-order chi connectivity index (χ0) is 21.6. The number of unbranched alkanes of at least 4 members (excludes halogenated alkanes) is 1. The maximum atomic E-state index is 12.4. The monoisotopic (exact) mass is 446 g/mol. The van der Waals surface area contributed by atoms with Crippen LogP contribution in [0.5, 0.6) is 0 Å². The Labute approximate surface area is 188 Å². The minimum Gasteiger partial charge on any atom is -0.393 e. The Kier molecular flexibility index (Phi) is 7.74. The second-order valence-electron chi connectivity index (χ2n) is 8.92. The summed E-state index contributed by atoms with van der Waals surface area (Å²) in [6, 6.07) is 8.76. The van der Waals surface area contributed by atoms with E-state index in [4.69, 9.17) is 0 Å². The average molecular weight is 447 g/mol. The van der Waals surface area contributed by atoms with E-state index in [0.29, 0.717) is 18.2 Å². The number of likely N-dealkylation sites (tertiary alicyclic amines) is 1. The number of urea groups is 1. The highest BCUT2D eigenvalue weighted by Crippen LogP contribution is 2.33. The first kappa shape index (κ1) is 22.4. The van der Waals surface area contributed by atoms with Gasteiger partial charge in [-0.05, 0) is 36.8 Å². The third kappa shape index (κ3) is 6.14. The highest BCUT2D eigenvalue weighted by Gasteiger charge is 2.42. The molecule has 4 rings (SSSR count). The van der Waals surface area contributed by atoms with Gasteiger partial charge in [-0.1, -0.05) is 30.7 Å². The number of piperidine rings is 1. The normalized spacial score (nSPS) is 26.4. The highest BCUT2D eigenvalue weighted by molar-refractivity contribution is 8.00. The smallest absolute Gasteiger partial charge is 0.315 e. The number of rotatable bonds is 9. The first-order valence-corrected chi connectivity index (χ1v) is 12.6. The summed E-state index contributed by atoms with van der Waals surface area (Å²) in [5.74, 6) is 1.08. The molecule has 0 bridgehead atoms. The Hall–Kier alpha value is -1.77. The lowest BCUT2D eigenvalue weighted by molar-refractivity contribution is -0.121. The fraction of sp³-hybridized carbons (Fsp3) is 0.652. The Morgan fingerprint density at radius 1 is 1.16 bits per heavy atom. The Morgan fingerprint density at radius 2 is 1.94 bits per heavy atom. The van der Waals surface area contributed by atoms with Gasteiger partial charge >= 0.3 is 6.03 Å². The van der Waals surface area contributed by atoms with Crippen LogP contribution in [0.3, 0.4) is 0 Å². The van der Waals surface area contributed by atoms with E-state index in [1.165, 1.54) is 11.1 Å². The number of benzene rings is 1. The molecule has 0 radical (unpaired) electrons. The molecule has 3 fully saturated rings. The van der Waals surface area contributed by atoms with Crippen LogP contribution in [-0.4, -0.2) is 64.2 Å². The number of aliphatic hydroxyl groups is 1. The standard InChI is InChI=1S/C23H34N4O3S/c28-18-9-11-27(12-10-18)14-17-6-2-1-5-16(17)13-24-21(29)8-4-3-7-20-22-19(15-31-20)25-23(30)26-22/h1-2,5-6,18-20,22,28H,3-4,7-15H2,(H,24,29)(H2,25,26,30). The molecule has 3 saturated heterocycles. The van der Waals surface area contributed by atoms with E-state index in [2.05, 4.69) is 33.0 Å². The predicted molar refractivity (Wildman–Crippen MR) is 123 cm³/mol. The molecule has 1 aromatic carbocycles. The Bertz CT molecular complexity index is 769. The number of amides is 3. The molecule has 0 aliphatic carbocycles. The van der Waals surface area contributed by atoms with Gasteiger partial charge in [-0.3, -0.25) is 9.69 Å². The Morgan fingerprint density at radius 3 is 2.74 bits per heavy atom. The summed E-state index contributed by atoms with van der Waals surface area (Å²) in [6.45, 7) is 3.27. The quantitative estimate of drug-likeness (QED) is 0.344. The fourth-order valence-electron chi connectivity index (χ4n) is 4.76. The third-order valence-electron chi connectivity index (χ3n) is 6.63. The van der Waals surface area contributed by atoms with E-state index in [1.54, 1.807) is 0 Å². The van der Waals surface area contributed by atoms with Gasteiger partial charge in [0.2, 0.25) is 5.91 Å². The SMILES string of the molecule is O=C(CCCCC1SCC2NC(=O)NC21)NCc1ccccc1CN1CCC(O)CC1. The van der Waals surface area contributed by atoms with E-state index < -0.39 is 0 Å². The molecule has 3 aliphatic heterocycles. The number of hydrogen-bond acceptors (Lipinski definition) is 5. The molecule has 3 heterocycles. The number of carbonyl (C=O) groups excluding carboxylic acids is 2. The summed E-state index contributed by atoms with van der Waals surface area (Å²) in [6.07, 6.45) is 4.97. The van der Waals surface area contributed by atoms with Gasteiger partial charge in [0.15, 0.2) is 0 Å². The molecule has 1 aromatic rings. The lowest BCUT2D eigenvalue weighted by Crippen LogP contribution is -2.36. The van der Waals surface area contributed by atoms with Gasteiger partial charge in [-0.25, -0.2) is 4.79 Å².